The Morgan fingerprint density at radius 3 is 2.49 bits per heavy atom. The second-order valence-corrected chi connectivity index (χ2v) is 10.1. The zero-order chi connectivity index (χ0) is 24.5. The van der Waals surface area contributed by atoms with Crippen molar-refractivity contribution in [1.29, 1.82) is 0 Å². The molecular formula is C29H36N4O2. The minimum atomic E-state index is -0.340. The minimum Gasteiger partial charge on any atom is -0.465 e. The molecule has 0 unspecified atom stereocenters. The number of carbonyl (C=O) groups excluding carboxylic acids is 1. The van der Waals surface area contributed by atoms with Gasteiger partial charge < -0.3 is 13.9 Å². The van der Waals surface area contributed by atoms with Gasteiger partial charge in [-0.05, 0) is 69.5 Å². The smallest absolute Gasteiger partial charge is 0.337 e. The van der Waals surface area contributed by atoms with Crippen LogP contribution in [-0.2, 0) is 11.3 Å². The summed E-state index contributed by atoms with van der Waals surface area (Å²) < 4.78 is 9.64. The summed E-state index contributed by atoms with van der Waals surface area (Å²) in [5, 5.41) is 0. The first-order valence-electron chi connectivity index (χ1n) is 13.1. The van der Waals surface area contributed by atoms with Crippen molar-refractivity contribution in [3.8, 4) is 11.4 Å². The van der Waals surface area contributed by atoms with Crippen LogP contribution >= 0.6 is 0 Å². The van der Waals surface area contributed by atoms with Crippen molar-refractivity contribution in [2.75, 3.05) is 7.11 Å². The zero-order valence-electron chi connectivity index (χ0n) is 21.4. The van der Waals surface area contributed by atoms with Crippen molar-refractivity contribution in [3.05, 3.63) is 47.8 Å². The van der Waals surface area contributed by atoms with Crippen LogP contribution in [0.15, 0.2) is 36.4 Å². The summed E-state index contributed by atoms with van der Waals surface area (Å²) >= 11 is 0. The maximum Gasteiger partial charge on any atom is 0.337 e. The van der Waals surface area contributed by atoms with Gasteiger partial charge in [0.05, 0.1) is 34.7 Å². The van der Waals surface area contributed by atoms with Gasteiger partial charge in [-0.2, -0.15) is 0 Å². The number of methoxy groups -OCH3 is 1. The molecule has 0 aliphatic heterocycles. The van der Waals surface area contributed by atoms with Crippen molar-refractivity contribution in [1.82, 2.24) is 19.1 Å². The summed E-state index contributed by atoms with van der Waals surface area (Å²) in [6.45, 7) is 7.59. The van der Waals surface area contributed by atoms with Crippen LogP contribution in [0.25, 0.3) is 33.5 Å². The van der Waals surface area contributed by atoms with Gasteiger partial charge in [-0.15, -0.1) is 0 Å². The number of aromatic nitrogens is 4. The summed E-state index contributed by atoms with van der Waals surface area (Å²) in [5.41, 5.74) is 5.68. The SMILES string of the molecule is CCCCn1c(-c2ccc3c(c2)nc(C2CCCCC2)n3C(C)C)nc2cc(C(=O)OC)ccc21. The molecule has 5 rings (SSSR count). The van der Waals surface area contributed by atoms with Gasteiger partial charge in [0.2, 0.25) is 0 Å². The number of unbranched alkanes of at least 4 members (excludes halogenated alkanes) is 1. The van der Waals surface area contributed by atoms with E-state index in [9.17, 15) is 4.79 Å². The highest BCUT2D eigenvalue weighted by Gasteiger charge is 2.24. The molecule has 35 heavy (non-hydrogen) atoms. The molecule has 0 saturated heterocycles. The third-order valence-electron chi connectivity index (χ3n) is 7.37. The number of hydrogen-bond donors (Lipinski definition) is 0. The molecule has 0 spiro atoms. The molecule has 6 nitrogen and oxygen atoms in total. The van der Waals surface area contributed by atoms with E-state index in [0.717, 1.165) is 47.3 Å². The minimum absolute atomic E-state index is 0.340. The number of carbonyl (C=O) groups is 1. The Labute approximate surface area is 207 Å². The standard InChI is InChI=1S/C29H36N4O2/c1-5-6-16-32-25-14-13-22(29(34)35-4)18-23(25)30-27(32)21-12-15-26-24(17-21)31-28(33(26)19(2)3)20-10-8-7-9-11-20/h12-15,17-20H,5-11,16H2,1-4H3. The van der Waals surface area contributed by atoms with Crippen LogP contribution in [-0.4, -0.2) is 32.2 Å². The average molecular weight is 473 g/mol. The maximum atomic E-state index is 12.1. The van der Waals surface area contributed by atoms with Crippen LogP contribution < -0.4 is 0 Å². The van der Waals surface area contributed by atoms with Gasteiger partial charge in [-0.3, -0.25) is 0 Å². The van der Waals surface area contributed by atoms with Crippen LogP contribution in [0.3, 0.4) is 0 Å². The zero-order valence-corrected chi connectivity index (χ0v) is 21.4. The first-order valence-corrected chi connectivity index (χ1v) is 13.1. The molecule has 2 aromatic carbocycles. The second kappa shape index (κ2) is 9.84. The molecule has 184 valence electrons. The molecule has 6 heteroatoms. The molecule has 1 aliphatic rings. The predicted molar refractivity (Wildman–Crippen MR) is 141 cm³/mol. The fourth-order valence-corrected chi connectivity index (χ4v) is 5.59. The lowest BCUT2D eigenvalue weighted by molar-refractivity contribution is 0.0601. The quantitative estimate of drug-likeness (QED) is 0.265. The number of esters is 1. The Morgan fingerprint density at radius 2 is 1.77 bits per heavy atom. The lowest BCUT2D eigenvalue weighted by Crippen LogP contribution is -2.13. The van der Waals surface area contributed by atoms with E-state index in [-0.39, 0.29) is 5.97 Å². The van der Waals surface area contributed by atoms with E-state index in [2.05, 4.69) is 48.1 Å². The molecule has 0 amide bonds. The van der Waals surface area contributed by atoms with Crippen molar-refractivity contribution in [2.24, 2.45) is 0 Å². The van der Waals surface area contributed by atoms with Crippen molar-refractivity contribution in [2.45, 2.75) is 84.2 Å². The molecule has 4 aromatic rings. The van der Waals surface area contributed by atoms with Crippen LogP contribution in [0.5, 0.6) is 0 Å². The number of imidazole rings is 2. The number of hydrogen-bond acceptors (Lipinski definition) is 4. The van der Waals surface area contributed by atoms with E-state index in [0.29, 0.717) is 17.5 Å². The lowest BCUT2D eigenvalue weighted by Gasteiger charge is -2.23. The monoisotopic (exact) mass is 472 g/mol. The highest BCUT2D eigenvalue weighted by atomic mass is 16.5. The van der Waals surface area contributed by atoms with Gasteiger partial charge in [0.25, 0.3) is 0 Å². The van der Waals surface area contributed by atoms with Gasteiger partial charge in [0, 0.05) is 24.1 Å². The molecule has 0 atom stereocenters. The third kappa shape index (κ3) is 4.35. The van der Waals surface area contributed by atoms with E-state index in [1.54, 1.807) is 0 Å². The van der Waals surface area contributed by atoms with Gasteiger partial charge in [0.1, 0.15) is 11.6 Å². The molecule has 2 heterocycles. The Kier molecular flexibility index (Phi) is 6.63. The summed E-state index contributed by atoms with van der Waals surface area (Å²) in [4.78, 5) is 22.3. The Balaban J connectivity index is 1.63. The van der Waals surface area contributed by atoms with Crippen molar-refractivity contribution < 1.29 is 9.53 Å². The fourth-order valence-electron chi connectivity index (χ4n) is 5.59. The first kappa shape index (κ1) is 23.6. The molecule has 0 bridgehead atoms. The number of ether oxygens (including phenoxy) is 1. The highest BCUT2D eigenvalue weighted by Crippen LogP contribution is 2.37. The van der Waals surface area contributed by atoms with E-state index in [1.165, 1.54) is 50.6 Å². The van der Waals surface area contributed by atoms with Gasteiger partial charge in [-0.25, -0.2) is 14.8 Å². The highest BCUT2D eigenvalue weighted by molar-refractivity contribution is 5.94. The van der Waals surface area contributed by atoms with Crippen LogP contribution in [0.4, 0.5) is 0 Å². The fraction of sp³-hybridized carbons (Fsp3) is 0.483. The van der Waals surface area contributed by atoms with Crippen LogP contribution in [0, 0.1) is 0 Å². The summed E-state index contributed by atoms with van der Waals surface area (Å²) in [5.74, 6) is 2.38. The molecular weight excluding hydrogens is 436 g/mol. The largest absolute Gasteiger partial charge is 0.465 e. The Hall–Kier alpha value is -3.15. The van der Waals surface area contributed by atoms with Gasteiger partial charge in [0.15, 0.2) is 0 Å². The summed E-state index contributed by atoms with van der Waals surface area (Å²) in [6.07, 6.45) is 8.57. The van der Waals surface area contributed by atoms with Crippen LogP contribution in [0.1, 0.15) is 93.9 Å². The van der Waals surface area contributed by atoms with E-state index >= 15 is 0 Å². The molecule has 1 saturated carbocycles. The maximum absolute atomic E-state index is 12.1. The topological polar surface area (TPSA) is 61.9 Å². The van der Waals surface area contributed by atoms with E-state index in [1.807, 2.05) is 18.2 Å². The number of fused-ring (bicyclic) bond motifs is 2. The molecule has 2 aromatic heterocycles. The van der Waals surface area contributed by atoms with E-state index in [4.69, 9.17) is 14.7 Å². The Bertz CT molecular complexity index is 1360. The van der Waals surface area contributed by atoms with Gasteiger partial charge in [-0.1, -0.05) is 32.6 Å². The molecule has 1 fully saturated rings. The molecule has 0 radical (unpaired) electrons. The number of aryl methyl sites for hydroxylation is 1. The third-order valence-corrected chi connectivity index (χ3v) is 7.37. The molecule has 0 N–H and O–H groups in total. The Morgan fingerprint density at radius 1 is 1.03 bits per heavy atom. The van der Waals surface area contributed by atoms with Gasteiger partial charge >= 0.3 is 5.97 Å². The summed E-state index contributed by atoms with van der Waals surface area (Å²) in [6, 6.07) is 12.6. The first-order chi connectivity index (χ1) is 17.0. The number of benzene rings is 2. The van der Waals surface area contributed by atoms with E-state index < -0.39 is 0 Å². The van der Waals surface area contributed by atoms with Crippen molar-refractivity contribution in [3.63, 3.8) is 0 Å². The number of nitrogens with zero attached hydrogens (tertiary/aromatic N) is 4. The lowest BCUT2D eigenvalue weighted by atomic mass is 9.88. The summed E-state index contributed by atoms with van der Waals surface area (Å²) in [7, 11) is 1.41. The normalized spacial score (nSPS) is 14.9. The van der Waals surface area contributed by atoms with Crippen LogP contribution in [0.2, 0.25) is 0 Å². The molecule has 1 aliphatic carbocycles. The average Bonchev–Trinajstić information content (AvgIpc) is 3.45. The second-order valence-electron chi connectivity index (χ2n) is 10.1. The predicted octanol–water partition coefficient (Wildman–Crippen LogP) is 7.27. The van der Waals surface area contributed by atoms with Crippen molar-refractivity contribution >= 4 is 28.0 Å². The number of rotatable bonds is 7.